The molecule has 1 aromatic rings. The number of benzene rings is 1. The molecule has 1 N–H and O–H groups in total. The van der Waals surface area contributed by atoms with Gasteiger partial charge in [0.05, 0.1) is 4.90 Å². The molecule has 0 saturated heterocycles. The summed E-state index contributed by atoms with van der Waals surface area (Å²) >= 11 is 3.42. The Morgan fingerprint density at radius 1 is 1.35 bits per heavy atom. The topological polar surface area (TPSA) is 49.4 Å². The summed E-state index contributed by atoms with van der Waals surface area (Å²) in [4.78, 5) is 0.359. The van der Waals surface area contributed by atoms with Crippen molar-refractivity contribution in [3.8, 4) is 0 Å². The van der Waals surface area contributed by atoms with Crippen LogP contribution in [0.4, 0.5) is 0 Å². The summed E-state index contributed by atoms with van der Waals surface area (Å²) < 4.78 is 27.7. The van der Waals surface area contributed by atoms with Crippen LogP contribution in [-0.4, -0.2) is 32.9 Å². The van der Waals surface area contributed by atoms with Crippen LogP contribution in [0.2, 0.25) is 0 Å². The molecule has 0 aliphatic carbocycles. The molecule has 0 atom stereocenters. The minimum atomic E-state index is -3.45. The van der Waals surface area contributed by atoms with Crippen molar-refractivity contribution in [1.29, 1.82) is 0 Å². The Labute approximate surface area is 129 Å². The Balaban J connectivity index is 2.47. The van der Waals surface area contributed by atoms with Gasteiger partial charge in [0.25, 0.3) is 0 Å². The van der Waals surface area contributed by atoms with Crippen LogP contribution in [0.3, 0.4) is 0 Å². The smallest absolute Gasteiger partial charge is 0.244 e. The molecule has 110 valence electrons. The monoisotopic (exact) mass is 358 g/mol. The Hall–Kier alpha value is -0.690. The van der Waals surface area contributed by atoms with Crippen LogP contribution in [0.1, 0.15) is 17.5 Å². The highest BCUT2D eigenvalue weighted by atomic mass is 79.9. The molecule has 1 aliphatic rings. The standard InChI is InChI=1S/C14H19BrN2O2S/c1-11-8-12(10-16-2)9-13(14(11)15)20(18,19)17-6-4-3-5-7-17/h3-4,8-9,16H,5-7,10H2,1-2H3. The second-order valence-corrected chi connectivity index (χ2v) is 7.58. The van der Waals surface area contributed by atoms with Crippen molar-refractivity contribution >= 4 is 26.0 Å². The van der Waals surface area contributed by atoms with Gasteiger partial charge < -0.3 is 5.32 Å². The maximum absolute atomic E-state index is 12.8. The molecule has 0 fully saturated rings. The Kier molecular flexibility index (Phi) is 5.01. The van der Waals surface area contributed by atoms with Gasteiger partial charge in [0.2, 0.25) is 10.0 Å². The summed E-state index contributed by atoms with van der Waals surface area (Å²) in [6.45, 7) is 3.56. The molecule has 1 heterocycles. The molecular weight excluding hydrogens is 340 g/mol. The van der Waals surface area contributed by atoms with Crippen LogP contribution in [-0.2, 0) is 16.6 Å². The lowest BCUT2D eigenvalue weighted by Gasteiger charge is -2.24. The average molecular weight is 359 g/mol. The third-order valence-corrected chi connectivity index (χ3v) is 6.50. The number of hydrogen-bond acceptors (Lipinski definition) is 3. The van der Waals surface area contributed by atoms with E-state index in [4.69, 9.17) is 0 Å². The molecule has 0 aromatic heterocycles. The summed E-state index contributed by atoms with van der Waals surface area (Å²) in [6.07, 6.45) is 4.69. The average Bonchev–Trinajstić information content (AvgIpc) is 2.43. The zero-order valence-electron chi connectivity index (χ0n) is 11.7. The van der Waals surface area contributed by atoms with Crippen LogP contribution >= 0.6 is 15.9 Å². The number of aryl methyl sites for hydroxylation is 1. The third-order valence-electron chi connectivity index (χ3n) is 3.30. The predicted molar refractivity (Wildman–Crippen MR) is 84.2 cm³/mol. The number of nitrogens with zero attached hydrogens (tertiary/aromatic N) is 1. The maximum Gasteiger partial charge on any atom is 0.244 e. The molecule has 20 heavy (non-hydrogen) atoms. The van der Waals surface area contributed by atoms with Gasteiger partial charge in [-0.15, -0.1) is 0 Å². The van der Waals surface area contributed by atoms with Gasteiger partial charge in [-0.25, -0.2) is 8.42 Å². The van der Waals surface area contributed by atoms with E-state index in [1.807, 2.05) is 32.2 Å². The summed E-state index contributed by atoms with van der Waals surface area (Å²) in [5.74, 6) is 0. The molecule has 0 spiro atoms. The van der Waals surface area contributed by atoms with Gasteiger partial charge in [-0.2, -0.15) is 4.31 Å². The molecule has 0 radical (unpaired) electrons. The summed E-state index contributed by atoms with van der Waals surface area (Å²) in [5, 5.41) is 3.05. The molecule has 1 aromatic carbocycles. The van der Waals surface area contributed by atoms with Crippen molar-refractivity contribution in [3.63, 3.8) is 0 Å². The Morgan fingerprint density at radius 3 is 2.70 bits per heavy atom. The van der Waals surface area contributed by atoms with Crippen molar-refractivity contribution in [2.45, 2.75) is 24.8 Å². The fourth-order valence-corrected chi connectivity index (χ4v) is 4.72. The van der Waals surface area contributed by atoms with Crippen molar-refractivity contribution in [2.24, 2.45) is 0 Å². The van der Waals surface area contributed by atoms with E-state index in [9.17, 15) is 8.42 Å². The number of sulfonamides is 1. The first kappa shape index (κ1) is 15.7. The lowest BCUT2D eigenvalue weighted by Crippen LogP contribution is -2.34. The minimum absolute atomic E-state index is 0.359. The number of halogens is 1. The van der Waals surface area contributed by atoms with Crippen LogP contribution < -0.4 is 5.32 Å². The molecule has 4 nitrogen and oxygen atoms in total. The van der Waals surface area contributed by atoms with E-state index >= 15 is 0 Å². The van der Waals surface area contributed by atoms with Crippen LogP contribution in [0.5, 0.6) is 0 Å². The normalized spacial score (nSPS) is 16.6. The van der Waals surface area contributed by atoms with Crippen LogP contribution in [0.25, 0.3) is 0 Å². The fourth-order valence-electron chi connectivity index (χ4n) is 2.28. The van der Waals surface area contributed by atoms with Gasteiger partial charge in [-0.3, -0.25) is 0 Å². The van der Waals surface area contributed by atoms with E-state index in [1.54, 1.807) is 6.07 Å². The van der Waals surface area contributed by atoms with Gasteiger partial charge in [0.15, 0.2) is 0 Å². The number of nitrogens with one attached hydrogen (secondary N) is 1. The van der Waals surface area contributed by atoms with Gasteiger partial charge in [-0.1, -0.05) is 18.2 Å². The number of hydrogen-bond donors (Lipinski definition) is 1. The lowest BCUT2D eigenvalue weighted by molar-refractivity contribution is 0.437. The fraction of sp³-hybridized carbons (Fsp3) is 0.429. The second kappa shape index (κ2) is 6.39. The molecule has 6 heteroatoms. The van der Waals surface area contributed by atoms with Crippen LogP contribution in [0, 0.1) is 6.92 Å². The maximum atomic E-state index is 12.8. The molecule has 1 aliphatic heterocycles. The summed E-state index contributed by atoms with van der Waals surface area (Å²) in [5.41, 5.74) is 1.91. The predicted octanol–water partition coefficient (Wildman–Crippen LogP) is 2.43. The van der Waals surface area contributed by atoms with Crippen molar-refractivity contribution in [2.75, 3.05) is 20.1 Å². The first-order valence-corrected chi connectivity index (χ1v) is 8.79. The molecule has 0 bridgehead atoms. The second-order valence-electron chi connectivity index (χ2n) is 4.88. The van der Waals surface area contributed by atoms with E-state index in [1.165, 1.54) is 4.31 Å². The van der Waals surface area contributed by atoms with E-state index in [0.29, 0.717) is 29.0 Å². The highest BCUT2D eigenvalue weighted by molar-refractivity contribution is 9.10. The van der Waals surface area contributed by atoms with E-state index in [-0.39, 0.29) is 0 Å². The molecule has 0 unspecified atom stereocenters. The van der Waals surface area contributed by atoms with E-state index < -0.39 is 10.0 Å². The summed E-state index contributed by atoms with van der Waals surface area (Å²) in [6, 6.07) is 3.75. The van der Waals surface area contributed by atoms with Gasteiger partial charge in [0.1, 0.15) is 0 Å². The van der Waals surface area contributed by atoms with Crippen LogP contribution in [0.15, 0.2) is 33.7 Å². The third kappa shape index (κ3) is 3.14. The van der Waals surface area contributed by atoms with Crippen molar-refractivity contribution in [1.82, 2.24) is 9.62 Å². The zero-order chi connectivity index (χ0) is 14.8. The van der Waals surface area contributed by atoms with E-state index in [2.05, 4.69) is 21.2 Å². The largest absolute Gasteiger partial charge is 0.316 e. The summed E-state index contributed by atoms with van der Waals surface area (Å²) in [7, 11) is -1.60. The first-order chi connectivity index (χ1) is 9.46. The first-order valence-electron chi connectivity index (χ1n) is 6.55. The van der Waals surface area contributed by atoms with Gasteiger partial charge in [-0.05, 0) is 53.5 Å². The van der Waals surface area contributed by atoms with Gasteiger partial charge in [0, 0.05) is 24.1 Å². The van der Waals surface area contributed by atoms with Gasteiger partial charge >= 0.3 is 0 Å². The highest BCUT2D eigenvalue weighted by Crippen LogP contribution is 2.30. The zero-order valence-corrected chi connectivity index (χ0v) is 14.1. The van der Waals surface area contributed by atoms with E-state index in [0.717, 1.165) is 17.5 Å². The SMILES string of the molecule is CNCc1cc(C)c(Br)c(S(=O)(=O)N2CC=CCC2)c1. The Morgan fingerprint density at radius 2 is 2.10 bits per heavy atom. The minimum Gasteiger partial charge on any atom is -0.316 e. The van der Waals surface area contributed by atoms with Crippen molar-refractivity contribution < 1.29 is 8.42 Å². The molecular formula is C14H19BrN2O2S. The number of rotatable bonds is 4. The van der Waals surface area contributed by atoms with Crippen molar-refractivity contribution in [3.05, 3.63) is 39.9 Å². The quantitative estimate of drug-likeness (QED) is 0.840. The highest BCUT2D eigenvalue weighted by Gasteiger charge is 2.27. The Bertz CT molecular complexity index is 626. The molecule has 0 amide bonds. The molecule has 0 saturated carbocycles. The molecule has 2 rings (SSSR count). The lowest BCUT2D eigenvalue weighted by atomic mass is 10.1.